The van der Waals surface area contributed by atoms with Gasteiger partial charge in [-0.15, -0.1) is 0 Å². The maximum absolute atomic E-state index is 12.3. The molecule has 2 rings (SSSR count). The van der Waals surface area contributed by atoms with E-state index in [0.29, 0.717) is 19.6 Å². The molecule has 1 fully saturated rings. The standard InChI is InChI=1S/C19H27NO4/c1-3-22-18(21)19(2,20-15-16-9-5-4-6-10-16)12-14-24-17-11-7-8-13-23-17/h4-6,9-10,15,17H,3,7-8,11-14H2,1-2H3. The van der Waals surface area contributed by atoms with Gasteiger partial charge in [0.15, 0.2) is 11.8 Å². The Hall–Kier alpha value is -1.72. The highest BCUT2D eigenvalue weighted by Crippen LogP contribution is 2.20. The van der Waals surface area contributed by atoms with E-state index < -0.39 is 5.54 Å². The molecule has 0 bridgehead atoms. The second-order valence-electron chi connectivity index (χ2n) is 6.08. The van der Waals surface area contributed by atoms with Crippen molar-refractivity contribution in [1.29, 1.82) is 0 Å². The van der Waals surface area contributed by atoms with Crippen molar-refractivity contribution in [3.05, 3.63) is 35.9 Å². The van der Waals surface area contributed by atoms with E-state index in [1.165, 1.54) is 0 Å². The fourth-order valence-corrected chi connectivity index (χ4v) is 2.49. The van der Waals surface area contributed by atoms with Crippen molar-refractivity contribution >= 4 is 12.2 Å². The van der Waals surface area contributed by atoms with Crippen LogP contribution >= 0.6 is 0 Å². The Bertz CT molecular complexity index is 525. The molecule has 1 aromatic rings. The maximum Gasteiger partial charge on any atom is 0.333 e. The van der Waals surface area contributed by atoms with E-state index in [9.17, 15) is 4.79 Å². The average molecular weight is 333 g/mol. The molecule has 24 heavy (non-hydrogen) atoms. The Kier molecular flexibility index (Phi) is 7.40. The van der Waals surface area contributed by atoms with Gasteiger partial charge in [-0.3, -0.25) is 4.99 Å². The monoisotopic (exact) mass is 333 g/mol. The summed E-state index contributed by atoms with van der Waals surface area (Å²) in [5, 5.41) is 0. The summed E-state index contributed by atoms with van der Waals surface area (Å²) in [7, 11) is 0. The molecule has 0 spiro atoms. The average Bonchev–Trinajstić information content (AvgIpc) is 2.62. The van der Waals surface area contributed by atoms with Crippen LogP contribution in [0, 0.1) is 0 Å². The first kappa shape index (κ1) is 18.6. The molecule has 1 heterocycles. The largest absolute Gasteiger partial charge is 0.464 e. The van der Waals surface area contributed by atoms with Crippen molar-refractivity contribution in [2.24, 2.45) is 4.99 Å². The predicted octanol–water partition coefficient (Wildman–Crippen LogP) is 3.36. The normalized spacial score (nSPS) is 20.7. The Morgan fingerprint density at radius 1 is 1.38 bits per heavy atom. The summed E-state index contributed by atoms with van der Waals surface area (Å²) < 4.78 is 16.5. The molecule has 2 atom stereocenters. The summed E-state index contributed by atoms with van der Waals surface area (Å²) in [5.41, 5.74) is -0.00916. The van der Waals surface area contributed by atoms with Gasteiger partial charge in [0.25, 0.3) is 0 Å². The number of hydrogen-bond donors (Lipinski definition) is 0. The van der Waals surface area contributed by atoms with Crippen LogP contribution in [-0.2, 0) is 19.0 Å². The van der Waals surface area contributed by atoms with Gasteiger partial charge in [0.1, 0.15) is 0 Å². The minimum absolute atomic E-state index is 0.164. The lowest BCUT2D eigenvalue weighted by Gasteiger charge is -2.26. The van der Waals surface area contributed by atoms with Crippen LogP contribution in [0.3, 0.4) is 0 Å². The van der Waals surface area contributed by atoms with Gasteiger partial charge >= 0.3 is 5.97 Å². The summed E-state index contributed by atoms with van der Waals surface area (Å²) in [6.07, 6.45) is 5.11. The Balaban J connectivity index is 1.97. The Morgan fingerprint density at radius 3 is 2.83 bits per heavy atom. The van der Waals surface area contributed by atoms with Gasteiger partial charge in [0.05, 0.1) is 13.2 Å². The van der Waals surface area contributed by atoms with Gasteiger partial charge in [0.2, 0.25) is 0 Å². The molecule has 0 amide bonds. The van der Waals surface area contributed by atoms with Crippen molar-refractivity contribution in [2.45, 2.75) is 51.4 Å². The summed E-state index contributed by atoms with van der Waals surface area (Å²) in [6, 6.07) is 9.71. The quantitative estimate of drug-likeness (QED) is 0.541. The molecule has 0 N–H and O–H groups in total. The molecule has 0 aromatic heterocycles. The van der Waals surface area contributed by atoms with Crippen molar-refractivity contribution in [3.8, 4) is 0 Å². The molecule has 5 heteroatoms. The Labute approximate surface area is 144 Å². The van der Waals surface area contributed by atoms with E-state index in [1.54, 1.807) is 20.1 Å². The Morgan fingerprint density at radius 2 is 2.17 bits per heavy atom. The molecule has 0 aliphatic carbocycles. The zero-order valence-electron chi connectivity index (χ0n) is 14.6. The lowest BCUT2D eigenvalue weighted by atomic mass is 9.99. The van der Waals surface area contributed by atoms with Crippen LogP contribution in [-0.4, -0.2) is 43.8 Å². The number of rotatable bonds is 8. The van der Waals surface area contributed by atoms with Gasteiger partial charge in [0, 0.05) is 19.2 Å². The number of esters is 1. The highest BCUT2D eigenvalue weighted by molar-refractivity contribution is 5.86. The highest BCUT2D eigenvalue weighted by Gasteiger charge is 2.34. The van der Waals surface area contributed by atoms with Crippen LogP contribution in [0.5, 0.6) is 0 Å². The highest BCUT2D eigenvalue weighted by atomic mass is 16.7. The van der Waals surface area contributed by atoms with Gasteiger partial charge in [-0.1, -0.05) is 30.3 Å². The first-order chi connectivity index (χ1) is 11.6. The van der Waals surface area contributed by atoms with Crippen LogP contribution in [0.2, 0.25) is 0 Å². The lowest BCUT2D eigenvalue weighted by molar-refractivity contribution is -0.168. The maximum atomic E-state index is 12.3. The van der Waals surface area contributed by atoms with Gasteiger partial charge < -0.3 is 14.2 Å². The number of benzene rings is 1. The number of hydrogen-bond acceptors (Lipinski definition) is 5. The van der Waals surface area contributed by atoms with Crippen molar-refractivity contribution in [1.82, 2.24) is 0 Å². The second kappa shape index (κ2) is 9.55. The van der Waals surface area contributed by atoms with Gasteiger partial charge in [-0.05, 0) is 38.7 Å². The van der Waals surface area contributed by atoms with E-state index in [1.807, 2.05) is 30.3 Å². The van der Waals surface area contributed by atoms with Crippen molar-refractivity contribution in [3.63, 3.8) is 0 Å². The molecule has 1 aromatic carbocycles. The smallest absolute Gasteiger partial charge is 0.333 e. The molecular weight excluding hydrogens is 306 g/mol. The van der Waals surface area contributed by atoms with E-state index in [4.69, 9.17) is 14.2 Å². The van der Waals surface area contributed by atoms with Crippen LogP contribution in [0.25, 0.3) is 0 Å². The van der Waals surface area contributed by atoms with Crippen LogP contribution < -0.4 is 0 Å². The predicted molar refractivity (Wildman–Crippen MR) is 93.2 cm³/mol. The van der Waals surface area contributed by atoms with Crippen molar-refractivity contribution < 1.29 is 19.0 Å². The number of aliphatic imine (C=N–C) groups is 1. The minimum Gasteiger partial charge on any atom is -0.464 e. The van der Waals surface area contributed by atoms with E-state index in [2.05, 4.69) is 4.99 Å². The summed E-state index contributed by atoms with van der Waals surface area (Å²) in [5.74, 6) is -0.328. The zero-order chi connectivity index (χ0) is 17.3. The first-order valence-electron chi connectivity index (χ1n) is 8.65. The summed E-state index contributed by atoms with van der Waals surface area (Å²) >= 11 is 0. The topological polar surface area (TPSA) is 57.1 Å². The SMILES string of the molecule is CCOC(=O)C(C)(CCOC1CCCCO1)N=Cc1ccccc1. The molecule has 0 saturated carbocycles. The van der Waals surface area contributed by atoms with E-state index in [0.717, 1.165) is 31.4 Å². The second-order valence-corrected chi connectivity index (χ2v) is 6.08. The number of carbonyl (C=O) groups excluding carboxylic acids is 1. The third kappa shape index (κ3) is 5.73. The third-order valence-electron chi connectivity index (χ3n) is 4.04. The molecule has 1 saturated heterocycles. The molecule has 1 aliphatic rings. The zero-order valence-corrected chi connectivity index (χ0v) is 14.6. The van der Waals surface area contributed by atoms with Gasteiger partial charge in [-0.25, -0.2) is 4.79 Å². The fraction of sp³-hybridized carbons (Fsp3) is 0.579. The molecule has 1 aliphatic heterocycles. The molecule has 132 valence electrons. The third-order valence-corrected chi connectivity index (χ3v) is 4.04. The van der Waals surface area contributed by atoms with Crippen LogP contribution in [0.1, 0.15) is 45.1 Å². The van der Waals surface area contributed by atoms with E-state index in [-0.39, 0.29) is 12.3 Å². The number of carbonyl (C=O) groups is 1. The summed E-state index contributed by atoms with van der Waals surface area (Å²) in [4.78, 5) is 16.9. The molecular formula is C19H27NO4. The number of nitrogens with zero attached hydrogens (tertiary/aromatic N) is 1. The van der Waals surface area contributed by atoms with E-state index >= 15 is 0 Å². The molecule has 0 radical (unpaired) electrons. The van der Waals surface area contributed by atoms with Crippen LogP contribution in [0.15, 0.2) is 35.3 Å². The van der Waals surface area contributed by atoms with Crippen LogP contribution in [0.4, 0.5) is 0 Å². The minimum atomic E-state index is -0.958. The molecule has 5 nitrogen and oxygen atoms in total. The molecule has 2 unspecified atom stereocenters. The summed E-state index contributed by atoms with van der Waals surface area (Å²) in [6.45, 7) is 5.07. The van der Waals surface area contributed by atoms with Crippen molar-refractivity contribution in [2.75, 3.05) is 19.8 Å². The lowest BCUT2D eigenvalue weighted by Crippen LogP contribution is -2.37. The fourth-order valence-electron chi connectivity index (χ4n) is 2.49. The van der Waals surface area contributed by atoms with Gasteiger partial charge in [-0.2, -0.15) is 0 Å². The first-order valence-corrected chi connectivity index (χ1v) is 8.65. The number of ether oxygens (including phenoxy) is 3.